The molecular formula is C12H21N3O2S. The van der Waals surface area contributed by atoms with Gasteiger partial charge in [-0.25, -0.2) is 0 Å². The van der Waals surface area contributed by atoms with Crippen LogP contribution in [-0.4, -0.2) is 32.4 Å². The number of benzene rings is 1. The number of nitrogens with two attached hydrogens (primary N) is 1. The summed E-state index contributed by atoms with van der Waals surface area (Å²) in [7, 11) is -3.50. The lowest BCUT2D eigenvalue weighted by Crippen LogP contribution is -2.44. The first-order valence-electron chi connectivity index (χ1n) is 6.11. The minimum absolute atomic E-state index is 0.354. The van der Waals surface area contributed by atoms with Crippen molar-refractivity contribution in [2.75, 3.05) is 29.7 Å². The molecule has 0 aliphatic rings. The number of rotatable bonds is 6. The fourth-order valence-corrected chi connectivity index (χ4v) is 3.53. The van der Waals surface area contributed by atoms with Crippen LogP contribution in [0.4, 0.5) is 11.4 Å². The Hall–Kier alpha value is -1.27. The van der Waals surface area contributed by atoms with Crippen LogP contribution in [0, 0.1) is 0 Å². The molecule has 5 nitrogen and oxygen atoms in total. The van der Waals surface area contributed by atoms with Crippen molar-refractivity contribution in [3.05, 3.63) is 24.3 Å². The van der Waals surface area contributed by atoms with Gasteiger partial charge in [-0.15, -0.1) is 0 Å². The van der Waals surface area contributed by atoms with Crippen molar-refractivity contribution in [1.29, 1.82) is 0 Å². The molecular weight excluding hydrogens is 250 g/mol. The van der Waals surface area contributed by atoms with E-state index < -0.39 is 10.2 Å². The molecule has 0 aromatic heterocycles. The molecule has 0 bridgehead atoms. The molecule has 0 aliphatic heterocycles. The summed E-state index contributed by atoms with van der Waals surface area (Å²) in [6.07, 6.45) is 0. The van der Waals surface area contributed by atoms with E-state index in [2.05, 4.69) is 0 Å². The van der Waals surface area contributed by atoms with Gasteiger partial charge in [0.25, 0.3) is 0 Å². The van der Waals surface area contributed by atoms with Crippen LogP contribution in [0.15, 0.2) is 24.3 Å². The Morgan fingerprint density at radius 1 is 1.06 bits per heavy atom. The van der Waals surface area contributed by atoms with Crippen LogP contribution in [0.25, 0.3) is 0 Å². The van der Waals surface area contributed by atoms with Gasteiger partial charge in [0.05, 0.1) is 11.4 Å². The van der Waals surface area contributed by atoms with Crippen LogP contribution in [0.2, 0.25) is 0 Å². The van der Waals surface area contributed by atoms with E-state index in [1.165, 1.54) is 8.61 Å². The van der Waals surface area contributed by atoms with E-state index in [4.69, 9.17) is 5.73 Å². The molecule has 2 N–H and O–H groups in total. The number of hydrogen-bond donors (Lipinski definition) is 1. The van der Waals surface area contributed by atoms with Crippen LogP contribution in [-0.2, 0) is 10.2 Å². The van der Waals surface area contributed by atoms with Gasteiger partial charge in [0.15, 0.2) is 0 Å². The van der Waals surface area contributed by atoms with Gasteiger partial charge in [0, 0.05) is 19.6 Å². The third-order valence-electron chi connectivity index (χ3n) is 2.80. The average molecular weight is 271 g/mol. The van der Waals surface area contributed by atoms with E-state index in [0.29, 0.717) is 31.0 Å². The maximum absolute atomic E-state index is 12.5. The largest absolute Gasteiger partial charge is 0.397 e. The van der Waals surface area contributed by atoms with E-state index in [0.717, 1.165) is 0 Å². The summed E-state index contributed by atoms with van der Waals surface area (Å²) in [5, 5.41) is 0. The molecule has 0 unspecified atom stereocenters. The summed E-state index contributed by atoms with van der Waals surface area (Å²) < 4.78 is 27.7. The topological polar surface area (TPSA) is 66.6 Å². The van der Waals surface area contributed by atoms with Crippen molar-refractivity contribution in [3.8, 4) is 0 Å². The lowest BCUT2D eigenvalue weighted by atomic mass is 10.3. The normalized spacial score (nSPS) is 11.8. The SMILES string of the molecule is CCN(CC)S(=O)(=O)N(CC)c1ccccc1N. The van der Waals surface area contributed by atoms with E-state index >= 15 is 0 Å². The molecule has 0 saturated heterocycles. The number of anilines is 2. The Kier molecular flexibility index (Phi) is 4.98. The van der Waals surface area contributed by atoms with E-state index in [9.17, 15) is 8.42 Å². The molecule has 1 aromatic carbocycles. The monoisotopic (exact) mass is 271 g/mol. The third kappa shape index (κ3) is 2.76. The predicted molar refractivity (Wildman–Crippen MR) is 75.7 cm³/mol. The minimum Gasteiger partial charge on any atom is -0.397 e. The number of para-hydroxylation sites is 2. The summed E-state index contributed by atoms with van der Waals surface area (Å²) in [5.74, 6) is 0. The molecule has 0 radical (unpaired) electrons. The van der Waals surface area contributed by atoms with Gasteiger partial charge in [-0.3, -0.25) is 4.31 Å². The van der Waals surface area contributed by atoms with Gasteiger partial charge in [-0.1, -0.05) is 26.0 Å². The van der Waals surface area contributed by atoms with E-state index in [1.807, 2.05) is 13.8 Å². The average Bonchev–Trinajstić information content (AvgIpc) is 2.33. The highest BCUT2D eigenvalue weighted by Gasteiger charge is 2.27. The fraction of sp³-hybridized carbons (Fsp3) is 0.500. The molecule has 0 aliphatic carbocycles. The molecule has 0 spiro atoms. The summed E-state index contributed by atoms with van der Waals surface area (Å²) in [5.41, 5.74) is 6.85. The summed E-state index contributed by atoms with van der Waals surface area (Å²) in [6.45, 7) is 6.69. The van der Waals surface area contributed by atoms with Gasteiger partial charge in [-0.2, -0.15) is 12.7 Å². The molecule has 1 aromatic rings. The second-order valence-electron chi connectivity index (χ2n) is 3.82. The first-order valence-corrected chi connectivity index (χ1v) is 7.51. The van der Waals surface area contributed by atoms with Gasteiger partial charge >= 0.3 is 10.2 Å². The van der Waals surface area contributed by atoms with Gasteiger partial charge < -0.3 is 5.73 Å². The first kappa shape index (κ1) is 14.8. The summed E-state index contributed by atoms with van der Waals surface area (Å²) in [4.78, 5) is 0. The van der Waals surface area contributed by atoms with Gasteiger partial charge in [0.1, 0.15) is 0 Å². The standard InChI is InChI=1S/C12H21N3O2S/c1-4-14(5-2)18(16,17)15(6-3)12-10-8-7-9-11(12)13/h7-10H,4-6,13H2,1-3H3. The highest BCUT2D eigenvalue weighted by atomic mass is 32.2. The Bertz CT molecular complexity index is 484. The lowest BCUT2D eigenvalue weighted by Gasteiger charge is -2.29. The van der Waals surface area contributed by atoms with Gasteiger partial charge in [-0.05, 0) is 19.1 Å². The second-order valence-corrected chi connectivity index (χ2v) is 5.67. The molecule has 18 heavy (non-hydrogen) atoms. The van der Waals surface area contributed by atoms with Crippen molar-refractivity contribution in [1.82, 2.24) is 4.31 Å². The zero-order valence-corrected chi connectivity index (χ0v) is 11.9. The maximum Gasteiger partial charge on any atom is 0.304 e. The fourth-order valence-electron chi connectivity index (χ4n) is 1.86. The molecule has 0 fully saturated rings. The van der Waals surface area contributed by atoms with E-state index in [1.54, 1.807) is 31.2 Å². The number of nitrogen functional groups attached to an aromatic ring is 1. The van der Waals surface area contributed by atoms with Crippen molar-refractivity contribution < 1.29 is 8.42 Å². The van der Waals surface area contributed by atoms with Crippen LogP contribution in [0.1, 0.15) is 20.8 Å². The predicted octanol–water partition coefficient (Wildman–Crippen LogP) is 1.68. The molecule has 0 amide bonds. The van der Waals surface area contributed by atoms with Crippen molar-refractivity contribution in [2.24, 2.45) is 0 Å². The Morgan fingerprint density at radius 3 is 2.06 bits per heavy atom. The summed E-state index contributed by atoms with van der Waals surface area (Å²) >= 11 is 0. The van der Waals surface area contributed by atoms with Crippen LogP contribution < -0.4 is 10.0 Å². The zero-order chi connectivity index (χ0) is 13.8. The Morgan fingerprint density at radius 2 is 1.61 bits per heavy atom. The van der Waals surface area contributed by atoms with Crippen molar-refractivity contribution >= 4 is 21.6 Å². The first-order chi connectivity index (χ1) is 8.48. The van der Waals surface area contributed by atoms with E-state index in [-0.39, 0.29) is 0 Å². The molecule has 1 rings (SSSR count). The lowest BCUT2D eigenvalue weighted by molar-refractivity contribution is 0.442. The van der Waals surface area contributed by atoms with Crippen molar-refractivity contribution in [2.45, 2.75) is 20.8 Å². The smallest absolute Gasteiger partial charge is 0.304 e. The summed E-state index contributed by atoms with van der Waals surface area (Å²) in [6, 6.07) is 7.00. The maximum atomic E-state index is 12.5. The molecule has 102 valence electrons. The Labute approximate surface area is 109 Å². The van der Waals surface area contributed by atoms with Crippen molar-refractivity contribution in [3.63, 3.8) is 0 Å². The van der Waals surface area contributed by atoms with Crippen LogP contribution in [0.5, 0.6) is 0 Å². The van der Waals surface area contributed by atoms with Crippen LogP contribution in [0.3, 0.4) is 0 Å². The second kappa shape index (κ2) is 6.06. The Balaban J connectivity index is 3.23. The number of hydrogen-bond acceptors (Lipinski definition) is 3. The highest BCUT2D eigenvalue weighted by Crippen LogP contribution is 2.26. The van der Waals surface area contributed by atoms with Gasteiger partial charge in [0.2, 0.25) is 0 Å². The molecule has 6 heteroatoms. The molecule has 0 heterocycles. The quantitative estimate of drug-likeness (QED) is 0.801. The minimum atomic E-state index is -3.50. The number of nitrogens with zero attached hydrogens (tertiary/aromatic N) is 2. The molecule has 0 saturated carbocycles. The third-order valence-corrected chi connectivity index (χ3v) is 4.98. The molecule has 0 atom stereocenters. The zero-order valence-electron chi connectivity index (χ0n) is 11.1. The highest BCUT2D eigenvalue weighted by molar-refractivity contribution is 7.90. The van der Waals surface area contributed by atoms with Crippen LogP contribution >= 0.6 is 0 Å².